The summed E-state index contributed by atoms with van der Waals surface area (Å²) in [5.74, 6) is 0.0875. The molecule has 0 bridgehead atoms. The lowest BCUT2D eigenvalue weighted by atomic mass is 10.0. The lowest BCUT2D eigenvalue weighted by Crippen LogP contribution is -2.40. The fraction of sp³-hybridized carbons (Fsp3) is 0.364. The maximum Gasteiger partial charge on any atom is 0.417 e. The average Bonchev–Trinajstić information content (AvgIpc) is 3.30. The summed E-state index contributed by atoms with van der Waals surface area (Å²) < 4.78 is 44.0. The van der Waals surface area contributed by atoms with E-state index >= 15 is 0 Å². The van der Waals surface area contributed by atoms with E-state index < -0.39 is 11.7 Å². The zero-order valence-electron chi connectivity index (χ0n) is 17.2. The first kappa shape index (κ1) is 20.6. The van der Waals surface area contributed by atoms with Crippen LogP contribution >= 0.6 is 0 Å². The Morgan fingerprint density at radius 3 is 2.59 bits per heavy atom. The number of alkyl halides is 3. The van der Waals surface area contributed by atoms with Gasteiger partial charge in [0.1, 0.15) is 11.5 Å². The number of rotatable bonds is 4. The molecule has 4 heterocycles. The molecule has 5 rings (SSSR count). The maximum atomic E-state index is 13.5. The molecule has 1 fully saturated rings. The van der Waals surface area contributed by atoms with Crippen molar-refractivity contribution >= 4 is 22.6 Å². The Morgan fingerprint density at radius 2 is 1.94 bits per heavy atom. The predicted octanol–water partition coefficient (Wildman–Crippen LogP) is 3.85. The second kappa shape index (κ2) is 7.13. The number of hydrogen-bond donors (Lipinski definition) is 1. The van der Waals surface area contributed by atoms with E-state index in [9.17, 15) is 18.0 Å². The fourth-order valence-electron chi connectivity index (χ4n) is 3.94. The van der Waals surface area contributed by atoms with Crippen molar-refractivity contribution in [1.82, 2.24) is 19.9 Å². The van der Waals surface area contributed by atoms with Crippen molar-refractivity contribution in [2.24, 2.45) is 0 Å². The molecule has 10 heteroatoms. The van der Waals surface area contributed by atoms with Crippen LogP contribution in [0.5, 0.6) is 0 Å². The van der Waals surface area contributed by atoms with E-state index in [2.05, 4.69) is 15.0 Å². The molecule has 7 nitrogen and oxygen atoms in total. The van der Waals surface area contributed by atoms with Crippen LogP contribution in [0.3, 0.4) is 0 Å². The SMILES string of the molecule is CC1(N(Cc2ccc(C(F)(F)F)cn2)C(=O)c2cc3c4c(c(N)nc3cn2)COC4)CC1. The average molecular weight is 443 g/mol. The first-order valence-corrected chi connectivity index (χ1v) is 10.1. The smallest absolute Gasteiger partial charge is 0.383 e. The van der Waals surface area contributed by atoms with Crippen LogP contribution in [0.4, 0.5) is 19.0 Å². The van der Waals surface area contributed by atoms with Crippen molar-refractivity contribution in [3.8, 4) is 0 Å². The van der Waals surface area contributed by atoms with Gasteiger partial charge in [-0.05, 0) is 43.5 Å². The summed E-state index contributed by atoms with van der Waals surface area (Å²) in [5.41, 5.74) is 7.71. The van der Waals surface area contributed by atoms with Gasteiger partial charge in [-0.2, -0.15) is 13.2 Å². The van der Waals surface area contributed by atoms with E-state index in [0.717, 1.165) is 41.6 Å². The van der Waals surface area contributed by atoms with Gasteiger partial charge in [-0.3, -0.25) is 9.78 Å². The van der Waals surface area contributed by atoms with Gasteiger partial charge < -0.3 is 15.4 Å². The highest BCUT2D eigenvalue weighted by atomic mass is 19.4. The number of nitrogens with two attached hydrogens (primary N) is 1. The summed E-state index contributed by atoms with van der Waals surface area (Å²) in [6.45, 7) is 2.80. The number of fused-ring (bicyclic) bond motifs is 3. The molecule has 2 aliphatic rings. The molecule has 2 N–H and O–H groups in total. The van der Waals surface area contributed by atoms with Gasteiger partial charge in [0.2, 0.25) is 0 Å². The molecule has 1 aliphatic heterocycles. The van der Waals surface area contributed by atoms with E-state index in [1.54, 1.807) is 11.0 Å². The molecule has 3 aromatic heterocycles. The number of anilines is 1. The van der Waals surface area contributed by atoms with Gasteiger partial charge >= 0.3 is 6.18 Å². The van der Waals surface area contributed by atoms with Gasteiger partial charge in [0.25, 0.3) is 5.91 Å². The van der Waals surface area contributed by atoms with E-state index in [1.165, 1.54) is 12.3 Å². The van der Waals surface area contributed by atoms with Crippen molar-refractivity contribution in [3.63, 3.8) is 0 Å². The van der Waals surface area contributed by atoms with Crippen LogP contribution in [0.2, 0.25) is 0 Å². The number of carbonyl (C=O) groups excluding carboxylic acids is 1. The van der Waals surface area contributed by atoms with Crippen molar-refractivity contribution in [1.29, 1.82) is 0 Å². The Bertz CT molecular complexity index is 1220. The number of nitrogen functional groups attached to an aromatic ring is 1. The highest BCUT2D eigenvalue weighted by Crippen LogP contribution is 2.43. The van der Waals surface area contributed by atoms with Crippen LogP contribution in [0, 0.1) is 0 Å². The Morgan fingerprint density at radius 1 is 1.19 bits per heavy atom. The minimum Gasteiger partial charge on any atom is -0.383 e. The molecule has 3 aromatic rings. The third-order valence-electron chi connectivity index (χ3n) is 6.18. The zero-order valence-corrected chi connectivity index (χ0v) is 17.2. The van der Waals surface area contributed by atoms with Gasteiger partial charge in [0.15, 0.2) is 0 Å². The Labute approximate surface area is 181 Å². The van der Waals surface area contributed by atoms with E-state index in [4.69, 9.17) is 10.5 Å². The minimum absolute atomic E-state index is 0.0917. The van der Waals surface area contributed by atoms with E-state index in [1.807, 2.05) is 6.92 Å². The number of halogens is 3. The summed E-state index contributed by atoms with van der Waals surface area (Å²) in [7, 11) is 0. The van der Waals surface area contributed by atoms with Crippen molar-refractivity contribution in [2.75, 3.05) is 5.73 Å². The van der Waals surface area contributed by atoms with E-state index in [0.29, 0.717) is 30.2 Å². The van der Waals surface area contributed by atoms with Gasteiger partial charge in [0.05, 0.1) is 42.7 Å². The largest absolute Gasteiger partial charge is 0.417 e. The van der Waals surface area contributed by atoms with Crippen molar-refractivity contribution < 1.29 is 22.7 Å². The summed E-state index contributed by atoms with van der Waals surface area (Å²) in [4.78, 5) is 27.7. The molecule has 1 amide bonds. The lowest BCUT2D eigenvalue weighted by molar-refractivity contribution is -0.137. The highest BCUT2D eigenvalue weighted by Gasteiger charge is 2.46. The Kier molecular flexibility index (Phi) is 4.59. The first-order chi connectivity index (χ1) is 15.2. The molecule has 1 aliphatic carbocycles. The molecule has 0 aromatic carbocycles. The highest BCUT2D eigenvalue weighted by molar-refractivity contribution is 5.97. The van der Waals surface area contributed by atoms with Gasteiger partial charge in [-0.15, -0.1) is 0 Å². The summed E-state index contributed by atoms with van der Waals surface area (Å²) >= 11 is 0. The molecular formula is C22H20F3N5O2. The number of amides is 1. The van der Waals surface area contributed by atoms with Crippen LogP contribution in [-0.2, 0) is 30.7 Å². The molecule has 0 spiro atoms. The summed E-state index contributed by atoms with van der Waals surface area (Å²) in [5, 5.41) is 0.763. The Hall–Kier alpha value is -3.27. The third kappa shape index (κ3) is 3.54. The summed E-state index contributed by atoms with van der Waals surface area (Å²) in [6, 6.07) is 3.98. The lowest BCUT2D eigenvalue weighted by Gasteiger charge is -2.29. The second-order valence-corrected chi connectivity index (χ2v) is 8.46. The molecule has 0 unspecified atom stereocenters. The molecule has 0 atom stereocenters. The zero-order chi connectivity index (χ0) is 22.7. The molecular weight excluding hydrogens is 423 g/mol. The van der Waals surface area contributed by atoms with Gasteiger partial charge in [0, 0.05) is 22.7 Å². The number of hydrogen-bond acceptors (Lipinski definition) is 6. The topological polar surface area (TPSA) is 94.2 Å². The monoisotopic (exact) mass is 443 g/mol. The molecule has 1 saturated carbocycles. The van der Waals surface area contributed by atoms with Gasteiger partial charge in [-0.25, -0.2) is 9.97 Å². The maximum absolute atomic E-state index is 13.5. The minimum atomic E-state index is -4.46. The molecule has 0 radical (unpaired) electrons. The number of pyridine rings is 3. The summed E-state index contributed by atoms with van der Waals surface area (Å²) in [6.07, 6.45) is -0.551. The molecule has 32 heavy (non-hydrogen) atoms. The van der Waals surface area contributed by atoms with Crippen LogP contribution < -0.4 is 5.73 Å². The number of ether oxygens (including phenoxy) is 1. The van der Waals surface area contributed by atoms with Crippen molar-refractivity contribution in [2.45, 2.75) is 51.2 Å². The van der Waals surface area contributed by atoms with Crippen LogP contribution in [0.1, 0.15) is 52.6 Å². The van der Waals surface area contributed by atoms with Gasteiger partial charge in [-0.1, -0.05) is 0 Å². The predicted molar refractivity (Wildman–Crippen MR) is 109 cm³/mol. The Balaban J connectivity index is 1.48. The second-order valence-electron chi connectivity index (χ2n) is 8.46. The van der Waals surface area contributed by atoms with Crippen LogP contribution in [0.25, 0.3) is 10.9 Å². The van der Waals surface area contributed by atoms with Crippen LogP contribution in [-0.4, -0.2) is 31.3 Å². The third-order valence-corrected chi connectivity index (χ3v) is 6.18. The number of aromatic nitrogens is 3. The van der Waals surface area contributed by atoms with Crippen LogP contribution in [0.15, 0.2) is 30.6 Å². The number of nitrogens with zero attached hydrogens (tertiary/aromatic N) is 4. The van der Waals surface area contributed by atoms with Crippen molar-refractivity contribution in [3.05, 3.63) is 58.7 Å². The number of carbonyl (C=O) groups is 1. The standard InChI is InChI=1S/C22H20F3N5O2/c1-21(4-5-21)30(9-13-3-2-12(7-27-13)22(23,24)25)20(31)17-6-14-15-10-32-11-16(15)19(26)29-18(14)8-28-17/h2-3,6-8H,4-5,9-11H2,1H3,(H2,26,29). The molecule has 166 valence electrons. The quantitative estimate of drug-likeness (QED) is 0.658. The normalized spacial score (nSPS) is 16.8. The fourth-order valence-corrected chi connectivity index (χ4v) is 3.94. The van der Waals surface area contributed by atoms with E-state index in [-0.39, 0.29) is 23.7 Å². The first-order valence-electron chi connectivity index (χ1n) is 10.1. The molecule has 0 saturated heterocycles.